The molecule has 0 bridgehead atoms. The number of phosphoric ester groups is 1. The lowest BCUT2D eigenvalue weighted by atomic mass is 10.0. The molecule has 1 N–H and O–H groups in total. The molecule has 0 aliphatic carbocycles. The van der Waals surface area contributed by atoms with E-state index in [1.807, 2.05) is 21.1 Å². The van der Waals surface area contributed by atoms with Crippen LogP contribution >= 0.6 is 7.82 Å². The highest BCUT2D eigenvalue weighted by Gasteiger charge is 2.27. The van der Waals surface area contributed by atoms with Gasteiger partial charge in [0.1, 0.15) is 19.8 Å². The summed E-state index contributed by atoms with van der Waals surface area (Å²) in [5.41, 5.74) is 0. The van der Waals surface area contributed by atoms with Crippen molar-refractivity contribution in [3.05, 3.63) is 36.5 Å². The highest BCUT2D eigenvalue weighted by Crippen LogP contribution is 2.43. The van der Waals surface area contributed by atoms with Crippen molar-refractivity contribution >= 4 is 19.8 Å². The van der Waals surface area contributed by atoms with Crippen molar-refractivity contribution < 1.29 is 42.1 Å². The minimum atomic E-state index is -4.38. The Balaban J connectivity index is 4.31. The topological polar surface area (TPSA) is 108 Å². The van der Waals surface area contributed by atoms with Crippen LogP contribution in [0, 0.1) is 0 Å². The molecule has 2 atom stereocenters. The maximum absolute atomic E-state index is 12.7. The van der Waals surface area contributed by atoms with Crippen molar-refractivity contribution in [3.8, 4) is 0 Å². The van der Waals surface area contributed by atoms with Crippen LogP contribution in [0.2, 0.25) is 0 Å². The Morgan fingerprint density at radius 1 is 0.525 bits per heavy atom. The normalized spacial score (nSPS) is 13.8. The molecule has 0 aliphatic rings. The number of carbonyl (C=O) groups is 2. The van der Waals surface area contributed by atoms with E-state index in [1.54, 1.807) is 0 Å². The van der Waals surface area contributed by atoms with Crippen LogP contribution in [0.1, 0.15) is 213 Å². The van der Waals surface area contributed by atoms with Gasteiger partial charge in [-0.25, -0.2) is 4.57 Å². The third-order valence-electron chi connectivity index (χ3n) is 10.4. The zero-order valence-electron chi connectivity index (χ0n) is 39.0. The average Bonchev–Trinajstić information content (AvgIpc) is 3.19. The number of esters is 2. The molecule has 0 aromatic rings. The Labute approximate surface area is 363 Å². The van der Waals surface area contributed by atoms with Crippen LogP contribution < -0.4 is 0 Å². The summed E-state index contributed by atoms with van der Waals surface area (Å²) < 4.78 is 34.4. The second-order valence-corrected chi connectivity index (χ2v) is 19.0. The quantitative estimate of drug-likeness (QED) is 0.0212. The van der Waals surface area contributed by atoms with Gasteiger partial charge in [0, 0.05) is 12.8 Å². The van der Waals surface area contributed by atoms with E-state index in [-0.39, 0.29) is 32.0 Å². The van der Waals surface area contributed by atoms with Gasteiger partial charge in [0.2, 0.25) is 0 Å². The van der Waals surface area contributed by atoms with Gasteiger partial charge in [0.15, 0.2) is 6.10 Å². The lowest BCUT2D eigenvalue weighted by Crippen LogP contribution is -2.37. The molecule has 10 heteroatoms. The second kappa shape index (κ2) is 41.6. The molecule has 0 saturated heterocycles. The van der Waals surface area contributed by atoms with Crippen molar-refractivity contribution in [3.63, 3.8) is 0 Å². The number of quaternary nitrogens is 1. The molecule has 0 rings (SSSR count). The molecule has 0 amide bonds. The standard InChI is InChI=1S/C49H92NO8P/c1-6-8-10-12-14-16-18-20-22-23-24-25-26-27-28-30-32-34-36-38-40-42-49(52)58-47(46-57-59(53,54)56-44-43-50(3,4)5)45-55-48(51)41-39-37-35-33-31-29-21-19-17-15-13-11-9-7-2/h18,20,23-24,26-27,47H,6-17,19,21-22,25,28-46H2,1-5H3/p+1/b20-18-,24-23-,27-26-. The SMILES string of the molecule is CCCCCCC/C=C\C/C=C\C/C=C\CCCCCCCCC(=O)OC(COC(=O)CCCCCCCCCCCCCCCC)COP(=O)(O)OCC[N+](C)(C)C. The number of phosphoric acid groups is 1. The van der Waals surface area contributed by atoms with Crippen LogP contribution in [0.25, 0.3) is 0 Å². The van der Waals surface area contributed by atoms with Gasteiger partial charge in [0.05, 0.1) is 27.7 Å². The molecule has 0 saturated carbocycles. The fourth-order valence-corrected chi connectivity index (χ4v) is 7.35. The molecule has 0 radical (unpaired) electrons. The zero-order valence-corrected chi connectivity index (χ0v) is 39.9. The number of ether oxygens (including phenoxy) is 2. The van der Waals surface area contributed by atoms with E-state index < -0.39 is 26.5 Å². The first-order chi connectivity index (χ1) is 28.5. The van der Waals surface area contributed by atoms with Crippen molar-refractivity contribution in [2.45, 2.75) is 219 Å². The van der Waals surface area contributed by atoms with Gasteiger partial charge >= 0.3 is 19.8 Å². The van der Waals surface area contributed by atoms with Gasteiger partial charge in [-0.15, -0.1) is 0 Å². The molecule has 0 aromatic heterocycles. The Morgan fingerprint density at radius 2 is 0.915 bits per heavy atom. The molecule has 2 unspecified atom stereocenters. The molecule has 0 aliphatic heterocycles. The van der Waals surface area contributed by atoms with Crippen molar-refractivity contribution in [2.75, 3.05) is 47.5 Å². The van der Waals surface area contributed by atoms with Gasteiger partial charge in [-0.2, -0.15) is 0 Å². The van der Waals surface area contributed by atoms with E-state index in [0.717, 1.165) is 70.6 Å². The van der Waals surface area contributed by atoms with E-state index in [0.29, 0.717) is 17.4 Å². The fraction of sp³-hybridized carbons (Fsp3) is 0.837. The maximum atomic E-state index is 12.7. The molecule has 0 heterocycles. The summed E-state index contributed by atoms with van der Waals surface area (Å²) in [6.07, 6.45) is 47.6. The Bertz CT molecular complexity index is 1100. The summed E-state index contributed by atoms with van der Waals surface area (Å²) in [7, 11) is 1.47. The second-order valence-electron chi connectivity index (χ2n) is 17.5. The predicted molar refractivity (Wildman–Crippen MR) is 247 cm³/mol. The molecule has 0 spiro atoms. The Morgan fingerprint density at radius 3 is 1.36 bits per heavy atom. The number of rotatable bonds is 44. The number of carbonyl (C=O) groups excluding carboxylic acids is 2. The average molecular weight is 855 g/mol. The van der Waals surface area contributed by atoms with Crippen LogP contribution in [0.15, 0.2) is 36.5 Å². The highest BCUT2D eigenvalue weighted by molar-refractivity contribution is 7.47. The minimum Gasteiger partial charge on any atom is -0.462 e. The van der Waals surface area contributed by atoms with E-state index in [9.17, 15) is 19.0 Å². The number of nitrogens with zero attached hydrogens (tertiary/aromatic N) is 1. The number of hydrogen-bond donors (Lipinski definition) is 1. The lowest BCUT2D eigenvalue weighted by Gasteiger charge is -2.24. The lowest BCUT2D eigenvalue weighted by molar-refractivity contribution is -0.870. The molecule has 346 valence electrons. The van der Waals surface area contributed by atoms with Crippen LogP contribution in [-0.2, 0) is 32.7 Å². The molecular weight excluding hydrogens is 762 g/mol. The number of likely N-dealkylation sites (N-methyl/N-ethyl adjacent to an activating group) is 1. The smallest absolute Gasteiger partial charge is 0.462 e. The third kappa shape index (κ3) is 45.6. The van der Waals surface area contributed by atoms with Crippen molar-refractivity contribution in [2.24, 2.45) is 0 Å². The summed E-state index contributed by atoms with van der Waals surface area (Å²) in [5.74, 6) is -0.806. The molecule has 59 heavy (non-hydrogen) atoms. The molecule has 0 aromatic carbocycles. The summed E-state index contributed by atoms with van der Waals surface area (Å²) in [5, 5.41) is 0. The van der Waals surface area contributed by atoms with Gasteiger partial charge in [-0.1, -0.05) is 185 Å². The fourth-order valence-electron chi connectivity index (χ4n) is 6.61. The maximum Gasteiger partial charge on any atom is 0.472 e. The number of allylic oxidation sites excluding steroid dienone is 6. The van der Waals surface area contributed by atoms with Crippen LogP contribution in [0.4, 0.5) is 0 Å². The molecule has 0 fully saturated rings. The van der Waals surface area contributed by atoms with Crippen molar-refractivity contribution in [1.29, 1.82) is 0 Å². The van der Waals surface area contributed by atoms with E-state index in [1.165, 1.54) is 109 Å². The van der Waals surface area contributed by atoms with Gasteiger partial charge < -0.3 is 18.9 Å². The first kappa shape index (κ1) is 57.2. The summed E-state index contributed by atoms with van der Waals surface area (Å²) in [4.78, 5) is 35.4. The predicted octanol–water partition coefficient (Wildman–Crippen LogP) is 14.1. The number of unbranched alkanes of at least 4 members (excludes halogenated alkanes) is 24. The van der Waals surface area contributed by atoms with E-state index in [4.69, 9.17) is 18.5 Å². The van der Waals surface area contributed by atoms with E-state index >= 15 is 0 Å². The summed E-state index contributed by atoms with van der Waals surface area (Å²) in [6, 6.07) is 0. The van der Waals surface area contributed by atoms with E-state index in [2.05, 4.69) is 50.3 Å². The largest absolute Gasteiger partial charge is 0.472 e. The first-order valence-electron chi connectivity index (χ1n) is 24.2. The van der Waals surface area contributed by atoms with Crippen LogP contribution in [0.5, 0.6) is 0 Å². The van der Waals surface area contributed by atoms with Gasteiger partial charge in [0.25, 0.3) is 0 Å². The molecular formula is C49H93NO8P+. The van der Waals surface area contributed by atoms with Crippen LogP contribution in [0.3, 0.4) is 0 Å². The third-order valence-corrected chi connectivity index (χ3v) is 11.4. The monoisotopic (exact) mass is 855 g/mol. The van der Waals surface area contributed by atoms with Gasteiger partial charge in [-0.05, 0) is 51.4 Å². The highest BCUT2D eigenvalue weighted by atomic mass is 31.2. The summed E-state index contributed by atoms with van der Waals surface area (Å²) >= 11 is 0. The summed E-state index contributed by atoms with van der Waals surface area (Å²) in [6.45, 7) is 4.41. The van der Waals surface area contributed by atoms with Crippen LogP contribution in [-0.4, -0.2) is 74.9 Å². The van der Waals surface area contributed by atoms with Gasteiger partial charge in [-0.3, -0.25) is 18.6 Å². The molecule has 9 nitrogen and oxygen atoms in total. The Kier molecular flexibility index (Phi) is 40.3. The minimum absolute atomic E-state index is 0.0296. The van der Waals surface area contributed by atoms with Crippen molar-refractivity contribution in [1.82, 2.24) is 0 Å². The first-order valence-corrected chi connectivity index (χ1v) is 25.7. The Hall–Kier alpha value is -1.77. The number of hydrogen-bond acceptors (Lipinski definition) is 7. The zero-order chi connectivity index (χ0) is 43.6.